The maximum absolute atomic E-state index is 5.77. The van der Waals surface area contributed by atoms with Crippen molar-refractivity contribution in [2.45, 2.75) is 19.7 Å². The van der Waals surface area contributed by atoms with Crippen LogP contribution in [-0.4, -0.2) is 9.97 Å². The molecular weight excluding hydrogens is 316 g/mol. The summed E-state index contributed by atoms with van der Waals surface area (Å²) >= 11 is 9.22. The van der Waals surface area contributed by atoms with Crippen molar-refractivity contribution >= 4 is 27.5 Å². The average molecular weight is 328 g/mol. The minimum absolute atomic E-state index is 0.315. The van der Waals surface area contributed by atoms with Gasteiger partial charge in [0.25, 0.3) is 0 Å². The molecule has 0 fully saturated rings. The molecule has 0 saturated heterocycles. The molecule has 3 nitrogen and oxygen atoms in total. The highest BCUT2D eigenvalue weighted by Gasteiger charge is 2.07. The van der Waals surface area contributed by atoms with Crippen molar-refractivity contribution in [2.24, 2.45) is 0 Å². The van der Waals surface area contributed by atoms with Gasteiger partial charge in [-0.05, 0) is 53.5 Å². The summed E-state index contributed by atoms with van der Waals surface area (Å²) in [5.74, 6) is 1.03. The van der Waals surface area contributed by atoms with Crippen molar-refractivity contribution in [3.8, 4) is 11.8 Å². The fraction of sp³-hybridized carbons (Fsp3) is 0.231. The zero-order chi connectivity index (χ0) is 13.1. The van der Waals surface area contributed by atoms with Gasteiger partial charge in [-0.3, -0.25) is 0 Å². The fourth-order valence-corrected chi connectivity index (χ4v) is 2.22. The number of hydrogen-bond donors (Lipinski definition) is 0. The second-order valence-electron chi connectivity index (χ2n) is 3.95. The Morgan fingerprint density at radius 3 is 2.67 bits per heavy atom. The molecule has 2 aromatic rings. The van der Waals surface area contributed by atoms with Crippen LogP contribution in [0.3, 0.4) is 0 Å². The summed E-state index contributed by atoms with van der Waals surface area (Å²) in [5.41, 5.74) is 2.74. The van der Waals surface area contributed by atoms with Crippen LogP contribution >= 0.6 is 27.5 Å². The lowest BCUT2D eigenvalue weighted by Crippen LogP contribution is -1.97. The van der Waals surface area contributed by atoms with Crippen molar-refractivity contribution in [3.05, 3.63) is 45.7 Å². The van der Waals surface area contributed by atoms with Crippen molar-refractivity contribution < 1.29 is 4.74 Å². The molecule has 0 saturated carbocycles. The Hall–Kier alpha value is -1.13. The third kappa shape index (κ3) is 3.21. The molecule has 1 heterocycles. The van der Waals surface area contributed by atoms with Crippen molar-refractivity contribution in [1.29, 1.82) is 0 Å². The normalized spacial score (nSPS) is 10.4. The molecule has 0 radical (unpaired) electrons. The number of rotatable bonds is 3. The Labute approximate surface area is 119 Å². The SMILES string of the molecule is Cc1ccc(Oc2nc(C)cc(CCl)n2)c(Br)c1. The molecule has 0 bridgehead atoms. The van der Waals surface area contributed by atoms with E-state index in [9.17, 15) is 0 Å². The Morgan fingerprint density at radius 2 is 2.00 bits per heavy atom. The van der Waals surface area contributed by atoms with E-state index in [-0.39, 0.29) is 0 Å². The first-order valence-corrected chi connectivity index (χ1v) is 6.76. The van der Waals surface area contributed by atoms with Crippen LogP contribution in [0.4, 0.5) is 0 Å². The third-order valence-electron chi connectivity index (χ3n) is 2.31. The molecule has 1 aromatic heterocycles. The van der Waals surface area contributed by atoms with Gasteiger partial charge in [0.1, 0.15) is 5.75 Å². The maximum atomic E-state index is 5.77. The van der Waals surface area contributed by atoms with E-state index in [1.54, 1.807) is 0 Å². The highest BCUT2D eigenvalue weighted by Crippen LogP contribution is 2.29. The van der Waals surface area contributed by atoms with E-state index in [4.69, 9.17) is 16.3 Å². The topological polar surface area (TPSA) is 35.0 Å². The largest absolute Gasteiger partial charge is 0.423 e. The van der Waals surface area contributed by atoms with E-state index in [0.29, 0.717) is 17.6 Å². The number of aromatic nitrogens is 2. The second-order valence-corrected chi connectivity index (χ2v) is 5.07. The summed E-state index contributed by atoms with van der Waals surface area (Å²) in [6.07, 6.45) is 0. The Kier molecular flexibility index (Phi) is 4.19. The van der Waals surface area contributed by atoms with Crippen LogP contribution in [0.2, 0.25) is 0 Å². The summed E-state index contributed by atoms with van der Waals surface area (Å²) in [7, 11) is 0. The molecule has 0 aliphatic carbocycles. The molecule has 94 valence electrons. The lowest BCUT2D eigenvalue weighted by atomic mass is 10.2. The second kappa shape index (κ2) is 5.67. The van der Waals surface area contributed by atoms with E-state index in [2.05, 4.69) is 25.9 Å². The van der Waals surface area contributed by atoms with Crippen LogP contribution in [0, 0.1) is 13.8 Å². The van der Waals surface area contributed by atoms with Crippen molar-refractivity contribution in [2.75, 3.05) is 0 Å². The van der Waals surface area contributed by atoms with Crippen LogP contribution in [0.5, 0.6) is 11.8 Å². The van der Waals surface area contributed by atoms with E-state index >= 15 is 0 Å². The molecule has 0 aliphatic rings. The highest BCUT2D eigenvalue weighted by molar-refractivity contribution is 9.10. The van der Waals surface area contributed by atoms with Crippen molar-refractivity contribution in [1.82, 2.24) is 9.97 Å². The van der Waals surface area contributed by atoms with Gasteiger partial charge in [-0.1, -0.05) is 6.07 Å². The first kappa shape index (κ1) is 13.3. The number of aryl methyl sites for hydroxylation is 2. The van der Waals surface area contributed by atoms with Crippen LogP contribution in [0.25, 0.3) is 0 Å². The number of halogens is 2. The predicted octanol–water partition coefficient (Wildman–Crippen LogP) is 4.39. The van der Waals surface area contributed by atoms with E-state index in [0.717, 1.165) is 21.4 Å². The number of ether oxygens (including phenoxy) is 1. The van der Waals surface area contributed by atoms with Crippen LogP contribution in [0.1, 0.15) is 17.0 Å². The van der Waals surface area contributed by atoms with E-state index in [1.807, 2.05) is 38.1 Å². The lowest BCUT2D eigenvalue weighted by Gasteiger charge is -2.08. The summed E-state index contributed by atoms with van der Waals surface area (Å²) in [6, 6.07) is 7.98. The molecule has 5 heteroatoms. The van der Waals surface area contributed by atoms with Gasteiger partial charge in [0.15, 0.2) is 0 Å². The lowest BCUT2D eigenvalue weighted by molar-refractivity contribution is 0.436. The average Bonchev–Trinajstić information content (AvgIpc) is 2.32. The molecule has 0 aliphatic heterocycles. The van der Waals surface area contributed by atoms with Crippen LogP contribution in [0.15, 0.2) is 28.7 Å². The molecule has 2 rings (SSSR count). The Bertz CT molecular complexity index is 575. The summed E-state index contributed by atoms with van der Waals surface area (Å²) in [6.45, 7) is 3.90. The number of hydrogen-bond acceptors (Lipinski definition) is 3. The first-order chi connectivity index (χ1) is 8.58. The van der Waals surface area contributed by atoms with Gasteiger partial charge in [0.2, 0.25) is 0 Å². The zero-order valence-corrected chi connectivity index (χ0v) is 12.4. The summed E-state index contributed by atoms with van der Waals surface area (Å²) < 4.78 is 6.53. The van der Waals surface area contributed by atoms with Crippen LogP contribution in [-0.2, 0) is 5.88 Å². The van der Waals surface area contributed by atoms with Crippen molar-refractivity contribution in [3.63, 3.8) is 0 Å². The Morgan fingerprint density at radius 1 is 1.22 bits per heavy atom. The molecule has 1 aromatic carbocycles. The summed E-state index contributed by atoms with van der Waals surface area (Å²) in [5, 5.41) is 0. The molecular formula is C13H12BrClN2O. The van der Waals surface area contributed by atoms with Gasteiger partial charge in [-0.25, -0.2) is 4.98 Å². The predicted molar refractivity (Wildman–Crippen MR) is 75.3 cm³/mol. The third-order valence-corrected chi connectivity index (χ3v) is 3.21. The molecule has 0 atom stereocenters. The number of benzene rings is 1. The highest BCUT2D eigenvalue weighted by atomic mass is 79.9. The zero-order valence-electron chi connectivity index (χ0n) is 10.1. The Balaban J connectivity index is 2.30. The van der Waals surface area contributed by atoms with E-state index < -0.39 is 0 Å². The van der Waals surface area contributed by atoms with Gasteiger partial charge < -0.3 is 4.74 Å². The fourth-order valence-electron chi connectivity index (χ4n) is 1.51. The van der Waals surface area contributed by atoms with Gasteiger partial charge >= 0.3 is 6.01 Å². The van der Waals surface area contributed by atoms with E-state index in [1.165, 1.54) is 0 Å². The quantitative estimate of drug-likeness (QED) is 0.784. The molecule has 0 N–H and O–H groups in total. The molecule has 0 spiro atoms. The molecule has 0 amide bonds. The smallest absolute Gasteiger partial charge is 0.322 e. The minimum atomic E-state index is 0.315. The van der Waals surface area contributed by atoms with Crippen LogP contribution < -0.4 is 4.74 Å². The monoisotopic (exact) mass is 326 g/mol. The number of alkyl halides is 1. The van der Waals surface area contributed by atoms with Gasteiger partial charge in [-0.15, -0.1) is 11.6 Å². The van der Waals surface area contributed by atoms with Gasteiger partial charge in [-0.2, -0.15) is 4.98 Å². The van der Waals surface area contributed by atoms with Gasteiger partial charge in [0.05, 0.1) is 16.0 Å². The standard InChI is InChI=1S/C13H12BrClN2O/c1-8-3-4-12(11(14)5-8)18-13-16-9(2)6-10(7-15)17-13/h3-6H,7H2,1-2H3. The number of nitrogens with zero attached hydrogens (tertiary/aromatic N) is 2. The minimum Gasteiger partial charge on any atom is -0.423 e. The maximum Gasteiger partial charge on any atom is 0.322 e. The van der Waals surface area contributed by atoms with Gasteiger partial charge in [0, 0.05) is 5.69 Å². The summed E-state index contributed by atoms with van der Waals surface area (Å²) in [4.78, 5) is 8.45. The molecule has 18 heavy (non-hydrogen) atoms. The molecule has 0 unspecified atom stereocenters. The first-order valence-electron chi connectivity index (χ1n) is 5.43.